The Morgan fingerprint density at radius 1 is 1.18 bits per heavy atom. The van der Waals surface area contributed by atoms with Crippen molar-refractivity contribution in [3.8, 4) is 5.75 Å². The number of hydrogen-bond acceptors (Lipinski definition) is 7. The molecule has 1 saturated heterocycles. The van der Waals surface area contributed by atoms with Crippen molar-refractivity contribution in [1.29, 1.82) is 0 Å². The molecule has 214 valence electrons. The molecule has 2 N–H and O–H groups in total. The number of nitrogens with one attached hydrogen (secondary N) is 1. The number of likely N-dealkylation sites (N-methyl/N-ethyl adjacent to an activating group) is 1. The van der Waals surface area contributed by atoms with Crippen molar-refractivity contribution in [3.05, 3.63) is 72.5 Å². The zero-order valence-corrected chi connectivity index (χ0v) is 24.3. The number of halogens is 1. The highest BCUT2D eigenvalue weighted by Crippen LogP contribution is 2.34. The maximum absolute atomic E-state index is 13.1. The van der Waals surface area contributed by atoms with Gasteiger partial charge in [0.15, 0.2) is 6.29 Å². The Morgan fingerprint density at radius 2 is 1.85 bits per heavy atom. The molecular weight excluding hydrogens is 495 g/mol. The third-order valence-electron chi connectivity index (χ3n) is 7.10. The van der Waals surface area contributed by atoms with Gasteiger partial charge in [0.2, 0.25) is 0 Å². The minimum Gasteiger partial charge on any atom is -0.492 e. The molecule has 0 saturated carbocycles. The molecule has 1 aliphatic heterocycles. The van der Waals surface area contributed by atoms with Crippen LogP contribution in [0.3, 0.4) is 0 Å². The maximum atomic E-state index is 13.1. The van der Waals surface area contributed by atoms with E-state index in [1.807, 2.05) is 57.2 Å². The van der Waals surface area contributed by atoms with Crippen LogP contribution >= 0.6 is 0 Å². The van der Waals surface area contributed by atoms with Crippen LogP contribution < -0.4 is 15.0 Å². The van der Waals surface area contributed by atoms with E-state index >= 15 is 0 Å². The summed E-state index contributed by atoms with van der Waals surface area (Å²) in [6.45, 7) is 17.7. The topological polar surface area (TPSA) is 70.1 Å². The van der Waals surface area contributed by atoms with E-state index in [9.17, 15) is 9.50 Å². The van der Waals surface area contributed by atoms with E-state index in [-0.39, 0.29) is 18.0 Å². The Hall–Kier alpha value is -3.10. The summed E-state index contributed by atoms with van der Waals surface area (Å²) < 4.78 is 24.4. The summed E-state index contributed by atoms with van der Waals surface area (Å²) in [4.78, 5) is 9.05. The van der Waals surface area contributed by atoms with Crippen molar-refractivity contribution in [2.75, 3.05) is 38.2 Å². The van der Waals surface area contributed by atoms with Crippen molar-refractivity contribution in [2.45, 2.75) is 65.9 Å². The molecule has 0 amide bonds. The zero-order chi connectivity index (χ0) is 28.6. The number of anilines is 1. The molecule has 1 aliphatic rings. The second-order valence-electron chi connectivity index (χ2n) is 11.3. The average molecular weight is 541 g/mol. The predicted molar refractivity (Wildman–Crippen MR) is 156 cm³/mol. The van der Waals surface area contributed by atoms with E-state index in [2.05, 4.69) is 30.6 Å². The fourth-order valence-corrected chi connectivity index (χ4v) is 4.30. The standard InChI is InChI=1S/C31H45FN4O3/c1-22(2)39-30(37)23(3)33-21-28(24(4)36-16-14-31(5,6)15-17-36)25-8-13-29(34-20-25)35(7)18-19-38-27-11-9-26(32)10-12-27/h8-13,20-23,30,33,37H,4,14-19H2,1-3,5-7H3/b28-21+/t23-,30?/m0/s1. The van der Waals surface area contributed by atoms with Crippen LogP contribution in [-0.4, -0.2) is 66.7 Å². The van der Waals surface area contributed by atoms with E-state index in [1.54, 1.807) is 12.1 Å². The van der Waals surface area contributed by atoms with Crippen molar-refractivity contribution in [3.63, 3.8) is 0 Å². The van der Waals surface area contributed by atoms with Gasteiger partial charge in [-0.2, -0.15) is 0 Å². The first-order valence-electron chi connectivity index (χ1n) is 13.7. The van der Waals surface area contributed by atoms with E-state index in [0.717, 1.165) is 48.6 Å². The van der Waals surface area contributed by atoms with Gasteiger partial charge >= 0.3 is 0 Å². The van der Waals surface area contributed by atoms with Gasteiger partial charge in [0.05, 0.1) is 18.7 Å². The molecule has 2 atom stereocenters. The summed E-state index contributed by atoms with van der Waals surface area (Å²) in [5.74, 6) is 1.16. The second-order valence-corrected chi connectivity index (χ2v) is 11.3. The Balaban J connectivity index is 1.70. The average Bonchev–Trinajstić information content (AvgIpc) is 2.89. The minimum atomic E-state index is -0.933. The van der Waals surface area contributed by atoms with E-state index < -0.39 is 6.29 Å². The van der Waals surface area contributed by atoms with E-state index in [0.29, 0.717) is 24.3 Å². The van der Waals surface area contributed by atoms with Crippen molar-refractivity contribution in [2.24, 2.45) is 5.41 Å². The number of allylic oxidation sites excluding steroid dienone is 1. The lowest BCUT2D eigenvalue weighted by atomic mass is 9.82. The zero-order valence-electron chi connectivity index (χ0n) is 24.3. The number of nitrogens with zero attached hydrogens (tertiary/aromatic N) is 3. The van der Waals surface area contributed by atoms with Crippen molar-refractivity contribution >= 4 is 11.4 Å². The third kappa shape index (κ3) is 9.25. The number of benzene rings is 1. The number of ether oxygens (including phenoxy) is 2. The Bertz CT molecular complexity index is 1080. The van der Waals surface area contributed by atoms with E-state index in [1.165, 1.54) is 12.1 Å². The number of rotatable bonds is 13. The van der Waals surface area contributed by atoms with Gasteiger partial charge in [0.25, 0.3) is 0 Å². The Labute approximate surface area is 233 Å². The number of pyridine rings is 1. The molecule has 8 heteroatoms. The third-order valence-corrected chi connectivity index (χ3v) is 7.10. The van der Waals surface area contributed by atoms with Crippen LogP contribution in [0.4, 0.5) is 10.2 Å². The van der Waals surface area contributed by atoms with Gasteiger partial charge < -0.3 is 29.7 Å². The molecule has 2 aromatic rings. The highest BCUT2D eigenvalue weighted by Gasteiger charge is 2.27. The van der Waals surface area contributed by atoms with Crippen LogP contribution in [0.1, 0.15) is 53.0 Å². The summed E-state index contributed by atoms with van der Waals surface area (Å²) in [6.07, 6.45) is 4.96. The molecule has 0 aliphatic carbocycles. The van der Waals surface area contributed by atoms with Crippen LogP contribution in [0.25, 0.3) is 5.57 Å². The highest BCUT2D eigenvalue weighted by molar-refractivity contribution is 5.77. The molecule has 0 bridgehead atoms. The molecular formula is C31H45FN4O3. The summed E-state index contributed by atoms with van der Waals surface area (Å²) in [7, 11) is 1.96. The number of piperidine rings is 1. The van der Waals surface area contributed by atoms with Crippen molar-refractivity contribution < 1.29 is 19.0 Å². The van der Waals surface area contributed by atoms with Crippen LogP contribution in [0.2, 0.25) is 0 Å². The first kappa shape index (κ1) is 30.4. The van der Waals surface area contributed by atoms with Crippen molar-refractivity contribution in [1.82, 2.24) is 15.2 Å². The molecule has 0 radical (unpaired) electrons. The molecule has 1 aromatic carbocycles. The molecule has 0 spiro atoms. The van der Waals surface area contributed by atoms with E-state index in [4.69, 9.17) is 14.5 Å². The number of aliphatic hydroxyl groups excluding tert-OH is 1. The molecule has 3 rings (SSSR count). The van der Waals surface area contributed by atoms with Crippen LogP contribution in [0.15, 0.2) is 61.1 Å². The normalized spacial score (nSPS) is 17.1. The van der Waals surface area contributed by atoms with Crippen LogP contribution in [-0.2, 0) is 4.74 Å². The summed E-state index contributed by atoms with van der Waals surface area (Å²) in [5.41, 5.74) is 3.13. The highest BCUT2D eigenvalue weighted by atomic mass is 19.1. The lowest BCUT2D eigenvalue weighted by molar-refractivity contribution is -0.138. The van der Waals surface area contributed by atoms with Gasteiger partial charge in [-0.3, -0.25) is 0 Å². The largest absolute Gasteiger partial charge is 0.492 e. The van der Waals surface area contributed by atoms with Crippen LogP contribution in [0, 0.1) is 11.2 Å². The fraction of sp³-hybridized carbons (Fsp3) is 0.516. The number of likely N-dealkylation sites (tertiary alicyclic amines) is 1. The first-order valence-corrected chi connectivity index (χ1v) is 13.7. The van der Waals surface area contributed by atoms with Gasteiger partial charge in [0, 0.05) is 49.4 Å². The summed E-state index contributed by atoms with van der Waals surface area (Å²) >= 11 is 0. The predicted octanol–water partition coefficient (Wildman–Crippen LogP) is 5.43. The molecule has 1 unspecified atom stereocenters. The lowest BCUT2D eigenvalue weighted by Gasteiger charge is -2.39. The summed E-state index contributed by atoms with van der Waals surface area (Å²) in [5, 5.41) is 13.7. The fourth-order valence-electron chi connectivity index (χ4n) is 4.30. The summed E-state index contributed by atoms with van der Waals surface area (Å²) in [6, 6.07) is 9.72. The van der Waals surface area contributed by atoms with Crippen LogP contribution in [0.5, 0.6) is 5.75 Å². The first-order chi connectivity index (χ1) is 18.4. The Morgan fingerprint density at radius 3 is 2.44 bits per heavy atom. The Kier molecular flexibility index (Phi) is 10.8. The number of hydrogen-bond donors (Lipinski definition) is 2. The van der Waals surface area contributed by atoms with Gasteiger partial charge in [0.1, 0.15) is 24.0 Å². The SMILES string of the molecule is C=C(/C(=C\N[C@@H](C)C(O)OC(C)C)c1ccc(N(C)CCOc2ccc(F)cc2)nc1)N1CCC(C)(C)CC1. The monoisotopic (exact) mass is 540 g/mol. The van der Waals surface area contributed by atoms with Gasteiger partial charge in [-0.05, 0) is 75.4 Å². The van der Waals surface area contributed by atoms with Gasteiger partial charge in [-0.1, -0.05) is 20.4 Å². The molecule has 1 aromatic heterocycles. The molecule has 39 heavy (non-hydrogen) atoms. The minimum absolute atomic E-state index is 0.0748. The maximum Gasteiger partial charge on any atom is 0.174 e. The van der Waals surface area contributed by atoms with Gasteiger partial charge in [-0.15, -0.1) is 0 Å². The lowest BCUT2D eigenvalue weighted by Crippen LogP contribution is -2.39. The number of aliphatic hydroxyl groups is 1. The van der Waals surface area contributed by atoms with Gasteiger partial charge in [-0.25, -0.2) is 9.37 Å². The smallest absolute Gasteiger partial charge is 0.174 e. The molecule has 2 heterocycles. The second kappa shape index (κ2) is 13.8. The molecule has 1 fully saturated rings. The quantitative estimate of drug-likeness (QED) is 0.259. The molecule has 7 nitrogen and oxygen atoms in total. The number of aromatic nitrogens is 1.